The molecular weight excluding hydrogens is 210 g/mol. The third kappa shape index (κ3) is 2.93. The molecule has 0 aliphatic heterocycles. The monoisotopic (exact) mass is 225 g/mol. The maximum absolute atomic E-state index is 10.7. The first-order valence-electron chi connectivity index (χ1n) is 5.11. The Labute approximate surface area is 93.8 Å². The van der Waals surface area contributed by atoms with Crippen LogP contribution >= 0.6 is 0 Å². The Morgan fingerprint density at radius 2 is 2.25 bits per heavy atom. The highest BCUT2D eigenvalue weighted by atomic mass is 16.6. The van der Waals surface area contributed by atoms with Gasteiger partial charge in [-0.15, -0.1) is 0 Å². The van der Waals surface area contributed by atoms with Crippen molar-refractivity contribution in [2.75, 3.05) is 6.61 Å². The van der Waals surface area contributed by atoms with Crippen LogP contribution in [0.1, 0.15) is 18.9 Å². The van der Waals surface area contributed by atoms with Gasteiger partial charge in [0.1, 0.15) is 12.4 Å². The van der Waals surface area contributed by atoms with Gasteiger partial charge in [0.25, 0.3) is 5.69 Å². The Kier molecular flexibility index (Phi) is 4.25. The predicted octanol–water partition coefficient (Wildman–Crippen LogP) is 2.05. The molecule has 16 heavy (non-hydrogen) atoms. The highest BCUT2D eigenvalue weighted by molar-refractivity contribution is 5.48. The first-order chi connectivity index (χ1) is 7.56. The second-order valence-corrected chi connectivity index (χ2v) is 3.53. The predicted molar refractivity (Wildman–Crippen MR) is 59.6 cm³/mol. The lowest BCUT2D eigenvalue weighted by molar-refractivity contribution is -0.385. The van der Waals surface area contributed by atoms with Crippen LogP contribution in [0.4, 0.5) is 5.69 Å². The fourth-order valence-electron chi connectivity index (χ4n) is 1.26. The fraction of sp³-hybridized carbons (Fsp3) is 0.455. The molecule has 0 fully saturated rings. The van der Waals surface area contributed by atoms with Gasteiger partial charge in [-0.3, -0.25) is 10.1 Å². The molecule has 0 aliphatic carbocycles. The second kappa shape index (κ2) is 5.46. The number of nitro groups is 1. The van der Waals surface area contributed by atoms with Crippen LogP contribution in [-0.2, 0) is 0 Å². The molecule has 1 unspecified atom stereocenters. The summed E-state index contributed by atoms with van der Waals surface area (Å²) in [5.74, 6) is 0.446. The van der Waals surface area contributed by atoms with E-state index in [-0.39, 0.29) is 12.3 Å². The molecule has 0 aliphatic rings. The van der Waals surface area contributed by atoms with Crippen LogP contribution in [0.25, 0.3) is 0 Å². The van der Waals surface area contributed by atoms with Crippen molar-refractivity contribution in [2.24, 2.45) is 0 Å². The van der Waals surface area contributed by atoms with Crippen molar-refractivity contribution in [3.63, 3.8) is 0 Å². The number of hydrogen-bond donors (Lipinski definition) is 1. The molecule has 1 atom stereocenters. The lowest BCUT2D eigenvalue weighted by atomic mass is 10.2. The van der Waals surface area contributed by atoms with Gasteiger partial charge in [-0.2, -0.15) is 0 Å². The van der Waals surface area contributed by atoms with E-state index in [4.69, 9.17) is 4.74 Å². The smallest absolute Gasteiger partial charge is 0.276 e. The van der Waals surface area contributed by atoms with E-state index in [1.54, 1.807) is 19.1 Å². The van der Waals surface area contributed by atoms with Crippen molar-refractivity contribution >= 4 is 5.69 Å². The fourth-order valence-corrected chi connectivity index (χ4v) is 1.26. The zero-order valence-electron chi connectivity index (χ0n) is 9.34. The van der Waals surface area contributed by atoms with Gasteiger partial charge in [0, 0.05) is 6.07 Å². The van der Waals surface area contributed by atoms with E-state index in [1.807, 2.05) is 6.92 Å². The molecule has 0 radical (unpaired) electrons. The Bertz CT molecular complexity index is 378. The van der Waals surface area contributed by atoms with Crippen molar-refractivity contribution in [1.82, 2.24) is 0 Å². The number of benzene rings is 1. The minimum absolute atomic E-state index is 0.0310. The number of rotatable bonds is 5. The molecule has 1 aromatic rings. The van der Waals surface area contributed by atoms with Crippen molar-refractivity contribution in [3.05, 3.63) is 33.9 Å². The largest absolute Gasteiger partial charge is 0.490 e. The van der Waals surface area contributed by atoms with E-state index in [2.05, 4.69) is 0 Å². The lowest BCUT2D eigenvalue weighted by Gasteiger charge is -2.12. The zero-order chi connectivity index (χ0) is 12.1. The Balaban J connectivity index is 2.81. The highest BCUT2D eigenvalue weighted by Gasteiger charge is 2.14. The summed E-state index contributed by atoms with van der Waals surface area (Å²) in [7, 11) is 0. The van der Waals surface area contributed by atoms with Crippen molar-refractivity contribution in [3.8, 4) is 5.75 Å². The molecule has 0 amide bonds. The Hall–Kier alpha value is -1.62. The maximum atomic E-state index is 10.7. The number of aliphatic hydroxyl groups excluding tert-OH is 1. The van der Waals surface area contributed by atoms with E-state index in [0.717, 1.165) is 0 Å². The molecule has 0 saturated carbocycles. The van der Waals surface area contributed by atoms with Gasteiger partial charge in [-0.25, -0.2) is 0 Å². The SMILES string of the molecule is CCC(O)COc1cccc([N+](=O)[O-])c1C. The molecular formula is C11H15NO4. The average Bonchev–Trinajstić information content (AvgIpc) is 2.26. The normalized spacial score (nSPS) is 12.2. The van der Waals surface area contributed by atoms with Crippen LogP contribution in [0.2, 0.25) is 0 Å². The van der Waals surface area contributed by atoms with E-state index in [0.29, 0.717) is 17.7 Å². The first-order valence-corrected chi connectivity index (χ1v) is 5.11. The topological polar surface area (TPSA) is 72.6 Å². The van der Waals surface area contributed by atoms with Crippen LogP contribution < -0.4 is 4.74 Å². The molecule has 5 nitrogen and oxygen atoms in total. The van der Waals surface area contributed by atoms with Crippen molar-refractivity contribution in [2.45, 2.75) is 26.4 Å². The third-order valence-electron chi connectivity index (χ3n) is 2.35. The first kappa shape index (κ1) is 12.4. The molecule has 0 aromatic heterocycles. The van der Waals surface area contributed by atoms with Crippen molar-refractivity contribution < 1.29 is 14.8 Å². The van der Waals surface area contributed by atoms with E-state index < -0.39 is 11.0 Å². The number of nitrogens with zero attached hydrogens (tertiary/aromatic N) is 1. The molecule has 0 spiro atoms. The summed E-state index contributed by atoms with van der Waals surface area (Å²) in [6, 6.07) is 4.65. The van der Waals surface area contributed by atoms with Crippen LogP contribution in [0.5, 0.6) is 5.75 Å². The van der Waals surface area contributed by atoms with Gasteiger partial charge in [-0.1, -0.05) is 13.0 Å². The van der Waals surface area contributed by atoms with Crippen LogP contribution in [0, 0.1) is 17.0 Å². The molecule has 5 heteroatoms. The van der Waals surface area contributed by atoms with E-state index in [1.165, 1.54) is 6.07 Å². The molecule has 88 valence electrons. The van der Waals surface area contributed by atoms with Gasteiger partial charge >= 0.3 is 0 Å². The molecule has 0 bridgehead atoms. The standard InChI is InChI=1S/C11H15NO4/c1-3-9(13)7-16-11-6-4-5-10(8(11)2)12(14)15/h4-6,9,13H,3,7H2,1-2H3. The summed E-state index contributed by atoms with van der Waals surface area (Å²) in [5, 5.41) is 20.0. The molecule has 0 saturated heterocycles. The quantitative estimate of drug-likeness (QED) is 0.614. The summed E-state index contributed by atoms with van der Waals surface area (Å²) >= 11 is 0. The second-order valence-electron chi connectivity index (χ2n) is 3.53. The average molecular weight is 225 g/mol. The van der Waals surface area contributed by atoms with Gasteiger partial charge in [-0.05, 0) is 19.4 Å². The van der Waals surface area contributed by atoms with Gasteiger partial charge in [0.15, 0.2) is 0 Å². The molecule has 1 rings (SSSR count). The molecule has 0 heterocycles. The van der Waals surface area contributed by atoms with E-state index >= 15 is 0 Å². The third-order valence-corrected chi connectivity index (χ3v) is 2.35. The number of hydrogen-bond acceptors (Lipinski definition) is 4. The summed E-state index contributed by atoms with van der Waals surface area (Å²) in [5.41, 5.74) is 0.513. The number of ether oxygens (including phenoxy) is 1. The minimum Gasteiger partial charge on any atom is -0.490 e. The minimum atomic E-state index is -0.543. The summed E-state index contributed by atoms with van der Waals surface area (Å²) < 4.78 is 5.33. The number of nitro benzene ring substituents is 1. The summed E-state index contributed by atoms with van der Waals surface area (Å²) in [4.78, 5) is 10.2. The zero-order valence-corrected chi connectivity index (χ0v) is 9.34. The summed E-state index contributed by atoms with van der Waals surface area (Å²) in [6.45, 7) is 3.62. The summed E-state index contributed by atoms with van der Waals surface area (Å²) in [6.07, 6.45) is 0.0483. The number of aliphatic hydroxyl groups is 1. The Morgan fingerprint density at radius 1 is 1.56 bits per heavy atom. The highest BCUT2D eigenvalue weighted by Crippen LogP contribution is 2.26. The van der Waals surface area contributed by atoms with Crippen LogP contribution in [-0.4, -0.2) is 22.7 Å². The van der Waals surface area contributed by atoms with Crippen LogP contribution in [0.3, 0.4) is 0 Å². The molecule has 1 aromatic carbocycles. The van der Waals surface area contributed by atoms with E-state index in [9.17, 15) is 15.2 Å². The van der Waals surface area contributed by atoms with Gasteiger partial charge in [0.05, 0.1) is 16.6 Å². The Morgan fingerprint density at radius 3 is 2.81 bits per heavy atom. The lowest BCUT2D eigenvalue weighted by Crippen LogP contribution is -2.16. The van der Waals surface area contributed by atoms with Crippen molar-refractivity contribution in [1.29, 1.82) is 0 Å². The van der Waals surface area contributed by atoms with Gasteiger partial charge in [0.2, 0.25) is 0 Å². The van der Waals surface area contributed by atoms with Crippen LogP contribution in [0.15, 0.2) is 18.2 Å². The maximum Gasteiger partial charge on any atom is 0.276 e. The molecule has 1 N–H and O–H groups in total. The van der Waals surface area contributed by atoms with Gasteiger partial charge < -0.3 is 9.84 Å².